The maximum atomic E-state index is 2.53. The molecule has 3 heterocycles. The Balaban J connectivity index is 1.11. The Bertz CT molecular complexity index is 3990. The van der Waals surface area contributed by atoms with E-state index < -0.39 is 0 Å². The number of hydrogen-bond acceptors (Lipinski definition) is 1. The second kappa shape index (κ2) is 13.3. The molecule has 0 spiro atoms. The summed E-state index contributed by atoms with van der Waals surface area (Å²) in [7, 11) is 0. The van der Waals surface area contributed by atoms with E-state index in [1.165, 1.54) is 119 Å². The van der Waals surface area contributed by atoms with Crippen LogP contribution in [-0.2, 0) is 0 Å². The number of benzene rings is 10. The maximum absolute atomic E-state index is 2.53. The van der Waals surface area contributed by atoms with Gasteiger partial charge < -0.3 is 9.13 Å². The Labute approximate surface area is 367 Å². The van der Waals surface area contributed by atoms with Crippen LogP contribution in [0.1, 0.15) is 0 Å². The second-order valence-electron chi connectivity index (χ2n) is 16.8. The molecule has 14 rings (SSSR count). The average Bonchev–Trinajstić information content (AvgIpc) is 4.00. The summed E-state index contributed by atoms with van der Waals surface area (Å²) >= 11 is 1.87. The fourth-order valence-corrected chi connectivity index (χ4v) is 11.8. The first kappa shape index (κ1) is 34.7. The minimum Gasteiger partial charge on any atom is -0.309 e. The van der Waals surface area contributed by atoms with Crippen LogP contribution in [0.3, 0.4) is 0 Å². The molecule has 0 radical (unpaired) electrons. The minimum atomic E-state index is 1.15. The molecule has 0 fully saturated rings. The summed E-state index contributed by atoms with van der Waals surface area (Å²) in [6, 6.07) is 81.4. The van der Waals surface area contributed by atoms with Crippen LogP contribution >= 0.6 is 11.3 Å². The summed E-state index contributed by atoms with van der Waals surface area (Å²) in [5.41, 5.74) is 19.4. The van der Waals surface area contributed by atoms with E-state index in [9.17, 15) is 0 Å². The number of nitrogens with zero attached hydrogens (tertiary/aromatic N) is 2. The molecule has 2 nitrogen and oxygen atoms in total. The molecular formula is C60H36N2S. The van der Waals surface area contributed by atoms with Gasteiger partial charge in [-0.25, -0.2) is 0 Å². The molecule has 292 valence electrons. The van der Waals surface area contributed by atoms with Crippen molar-refractivity contribution in [2.24, 2.45) is 0 Å². The molecule has 0 bridgehead atoms. The van der Waals surface area contributed by atoms with Crippen LogP contribution in [0.2, 0.25) is 0 Å². The SMILES string of the molecule is c1ccc2c(c1)-c1ccccc1-c1cc(-c3ccc4sc5ccccc5c4c3)c(-n3c4ccccc4c4cc(-n5c6ccccc6c6ccccc65)ccc43)cc1-c1ccccc1-2. The highest BCUT2D eigenvalue weighted by Crippen LogP contribution is 2.51. The van der Waals surface area contributed by atoms with Crippen molar-refractivity contribution in [1.29, 1.82) is 0 Å². The molecule has 1 aliphatic carbocycles. The van der Waals surface area contributed by atoms with Gasteiger partial charge in [-0.15, -0.1) is 11.3 Å². The molecule has 0 aliphatic heterocycles. The van der Waals surface area contributed by atoms with Gasteiger partial charge in [0.05, 0.1) is 27.8 Å². The van der Waals surface area contributed by atoms with Crippen molar-refractivity contribution in [3.8, 4) is 67.0 Å². The molecule has 0 atom stereocenters. The normalized spacial score (nSPS) is 12.1. The van der Waals surface area contributed by atoms with Gasteiger partial charge in [0.2, 0.25) is 0 Å². The van der Waals surface area contributed by atoms with Crippen LogP contribution in [0.25, 0.3) is 131 Å². The first-order valence-electron chi connectivity index (χ1n) is 21.7. The van der Waals surface area contributed by atoms with E-state index in [-0.39, 0.29) is 0 Å². The third kappa shape index (κ3) is 5.00. The predicted octanol–water partition coefficient (Wildman–Crippen LogP) is 16.9. The van der Waals surface area contributed by atoms with Crippen molar-refractivity contribution in [3.05, 3.63) is 218 Å². The van der Waals surface area contributed by atoms with E-state index >= 15 is 0 Å². The van der Waals surface area contributed by atoms with Crippen LogP contribution in [0.4, 0.5) is 0 Å². The maximum Gasteiger partial charge on any atom is 0.0547 e. The fourth-order valence-electron chi connectivity index (χ4n) is 10.8. The molecule has 3 heteroatoms. The van der Waals surface area contributed by atoms with E-state index in [0.717, 1.165) is 11.4 Å². The third-order valence-electron chi connectivity index (χ3n) is 13.5. The van der Waals surface area contributed by atoms with Crippen LogP contribution in [0.15, 0.2) is 218 Å². The van der Waals surface area contributed by atoms with Gasteiger partial charge in [0, 0.05) is 53.0 Å². The Morgan fingerprint density at radius 3 is 1.30 bits per heavy atom. The standard InChI is InChI=1S/C60H36N2S/c1-2-16-40-39(15-1)41-17-3-5-19-43(41)50-35-49(37-29-32-60-53(33-37)48-24-10-14-28-59(48)63-60)58(36-51(50)44-20-6-4-18-42(40)44)62-56-27-13-9-23-47(56)52-34-38(30-31-57(52)62)61-54-25-11-7-21-45(54)46-22-8-12-26-55(46)61/h1-36H. The predicted molar refractivity (Wildman–Crippen MR) is 269 cm³/mol. The van der Waals surface area contributed by atoms with Crippen molar-refractivity contribution < 1.29 is 0 Å². The lowest BCUT2D eigenvalue weighted by Crippen LogP contribution is -2.02. The summed E-state index contributed by atoms with van der Waals surface area (Å²) in [5, 5.41) is 7.58. The van der Waals surface area contributed by atoms with Crippen molar-refractivity contribution in [2.75, 3.05) is 0 Å². The van der Waals surface area contributed by atoms with E-state index in [1.807, 2.05) is 11.3 Å². The van der Waals surface area contributed by atoms with Gasteiger partial charge in [-0.1, -0.05) is 152 Å². The summed E-state index contributed by atoms with van der Waals surface area (Å²) in [4.78, 5) is 0. The molecule has 63 heavy (non-hydrogen) atoms. The lowest BCUT2D eigenvalue weighted by molar-refractivity contribution is 1.17. The van der Waals surface area contributed by atoms with Crippen LogP contribution < -0.4 is 0 Å². The van der Waals surface area contributed by atoms with Crippen molar-refractivity contribution in [3.63, 3.8) is 0 Å². The van der Waals surface area contributed by atoms with Crippen molar-refractivity contribution in [2.45, 2.75) is 0 Å². The van der Waals surface area contributed by atoms with E-state index in [1.54, 1.807) is 0 Å². The molecule has 0 unspecified atom stereocenters. The summed E-state index contributed by atoms with van der Waals surface area (Å²) < 4.78 is 7.58. The first-order valence-corrected chi connectivity index (χ1v) is 22.5. The molecule has 0 saturated heterocycles. The fraction of sp³-hybridized carbons (Fsp3) is 0. The Morgan fingerprint density at radius 1 is 0.254 bits per heavy atom. The van der Waals surface area contributed by atoms with Crippen LogP contribution in [-0.4, -0.2) is 9.13 Å². The molecule has 3 aromatic heterocycles. The lowest BCUT2D eigenvalue weighted by atomic mass is 9.79. The highest BCUT2D eigenvalue weighted by molar-refractivity contribution is 7.25. The molecule has 10 aromatic carbocycles. The number of hydrogen-bond donors (Lipinski definition) is 0. The summed E-state index contributed by atoms with van der Waals surface area (Å²) in [5.74, 6) is 0. The van der Waals surface area contributed by atoms with Gasteiger partial charge in [0.25, 0.3) is 0 Å². The lowest BCUT2D eigenvalue weighted by Gasteiger charge is -2.25. The molecule has 0 saturated carbocycles. The quantitative estimate of drug-likeness (QED) is 0.168. The highest BCUT2D eigenvalue weighted by Gasteiger charge is 2.26. The van der Waals surface area contributed by atoms with Crippen LogP contribution in [0, 0.1) is 0 Å². The van der Waals surface area contributed by atoms with Crippen molar-refractivity contribution in [1.82, 2.24) is 9.13 Å². The van der Waals surface area contributed by atoms with Gasteiger partial charge in [0.15, 0.2) is 0 Å². The number of aromatic nitrogens is 2. The van der Waals surface area contributed by atoms with E-state index in [4.69, 9.17) is 0 Å². The summed E-state index contributed by atoms with van der Waals surface area (Å²) in [6.45, 7) is 0. The van der Waals surface area contributed by atoms with Gasteiger partial charge in [-0.2, -0.15) is 0 Å². The Kier molecular flexibility index (Phi) is 7.30. The zero-order valence-corrected chi connectivity index (χ0v) is 34.9. The van der Waals surface area contributed by atoms with Crippen molar-refractivity contribution >= 4 is 75.1 Å². The molecule has 13 aromatic rings. The van der Waals surface area contributed by atoms with Gasteiger partial charge >= 0.3 is 0 Å². The number of para-hydroxylation sites is 3. The van der Waals surface area contributed by atoms with Gasteiger partial charge in [0.1, 0.15) is 0 Å². The number of fused-ring (bicyclic) bond motifs is 17. The van der Waals surface area contributed by atoms with Crippen LogP contribution in [0.5, 0.6) is 0 Å². The first-order chi connectivity index (χ1) is 31.3. The van der Waals surface area contributed by atoms with E-state index in [0.29, 0.717) is 0 Å². The Hall–Kier alpha value is -7.98. The monoisotopic (exact) mass is 816 g/mol. The topological polar surface area (TPSA) is 9.86 Å². The summed E-state index contributed by atoms with van der Waals surface area (Å²) in [6.07, 6.45) is 0. The smallest absolute Gasteiger partial charge is 0.0547 e. The zero-order chi connectivity index (χ0) is 41.2. The molecule has 1 aliphatic rings. The second-order valence-corrected chi connectivity index (χ2v) is 17.9. The number of thiophene rings is 1. The molecule has 0 N–H and O–H groups in total. The molecular weight excluding hydrogens is 781 g/mol. The van der Waals surface area contributed by atoms with Gasteiger partial charge in [-0.3, -0.25) is 0 Å². The van der Waals surface area contributed by atoms with E-state index in [2.05, 4.69) is 228 Å². The van der Waals surface area contributed by atoms with Gasteiger partial charge in [-0.05, 0) is 117 Å². The molecule has 0 amide bonds. The Morgan fingerprint density at radius 2 is 0.698 bits per heavy atom. The zero-order valence-electron chi connectivity index (χ0n) is 34.1. The number of rotatable bonds is 3. The average molecular weight is 817 g/mol. The largest absolute Gasteiger partial charge is 0.309 e. The third-order valence-corrected chi connectivity index (χ3v) is 14.7. The minimum absolute atomic E-state index is 1.15. The highest BCUT2D eigenvalue weighted by atomic mass is 32.1.